The lowest BCUT2D eigenvalue weighted by Crippen LogP contribution is -2.47. The van der Waals surface area contributed by atoms with Crippen molar-refractivity contribution < 1.29 is 23.1 Å². The van der Waals surface area contributed by atoms with Crippen LogP contribution in [0, 0.1) is 28.9 Å². The normalized spacial score (nSPS) is 28.4. The van der Waals surface area contributed by atoms with Crippen molar-refractivity contribution in [2.24, 2.45) is 17.3 Å². The van der Waals surface area contributed by atoms with Crippen molar-refractivity contribution in [3.05, 3.63) is 69.2 Å². The van der Waals surface area contributed by atoms with Gasteiger partial charge in [-0.05, 0) is 72.8 Å². The monoisotopic (exact) mass is 608 g/mol. The average molecular weight is 610 g/mol. The standard InChI is InChI=1S/C32H40Cl2F2N2O3/c1-31(2,3)16-25-32(4,22-14-13-20(33)15-24(22)35)26(21-7-6-8-23(34)27(21)36)28(38-25)29(39)37-17-18-9-11-19(12-10-18)30(40)41-5/h6-8,13-15,18-19,25-26,28,38H,9-12,16-17H2,1-5H3,(H,37,39). The van der Waals surface area contributed by atoms with Crippen LogP contribution in [-0.4, -0.2) is 37.6 Å². The van der Waals surface area contributed by atoms with Gasteiger partial charge in [0.05, 0.1) is 24.1 Å². The fourth-order valence-corrected chi connectivity index (χ4v) is 7.17. The predicted molar refractivity (Wildman–Crippen MR) is 158 cm³/mol. The molecule has 1 aliphatic heterocycles. The van der Waals surface area contributed by atoms with Gasteiger partial charge in [0.1, 0.15) is 11.6 Å². The van der Waals surface area contributed by atoms with Gasteiger partial charge >= 0.3 is 5.97 Å². The topological polar surface area (TPSA) is 67.4 Å². The van der Waals surface area contributed by atoms with E-state index in [-0.39, 0.29) is 50.8 Å². The first-order valence-electron chi connectivity index (χ1n) is 14.3. The van der Waals surface area contributed by atoms with Crippen LogP contribution < -0.4 is 10.6 Å². The Hall–Kier alpha value is -2.22. The lowest BCUT2D eigenvalue weighted by Gasteiger charge is -2.40. The van der Waals surface area contributed by atoms with E-state index in [9.17, 15) is 9.59 Å². The van der Waals surface area contributed by atoms with E-state index >= 15 is 8.78 Å². The molecule has 0 aromatic heterocycles. The molecule has 2 aromatic carbocycles. The van der Waals surface area contributed by atoms with E-state index in [1.807, 2.05) is 6.92 Å². The number of nitrogens with one attached hydrogen (secondary N) is 2. The molecular weight excluding hydrogens is 569 g/mol. The highest BCUT2D eigenvalue weighted by Gasteiger charge is 2.57. The van der Waals surface area contributed by atoms with Crippen molar-refractivity contribution in [2.45, 2.75) is 83.2 Å². The number of methoxy groups -OCH3 is 1. The second kappa shape index (κ2) is 12.6. The quantitative estimate of drug-likeness (QED) is 0.327. The van der Waals surface area contributed by atoms with E-state index in [0.29, 0.717) is 31.4 Å². The van der Waals surface area contributed by atoms with Crippen molar-refractivity contribution in [3.8, 4) is 0 Å². The summed E-state index contributed by atoms with van der Waals surface area (Å²) in [5.41, 5.74) is -0.571. The number of hydrogen-bond acceptors (Lipinski definition) is 4. The molecule has 0 radical (unpaired) electrons. The van der Waals surface area contributed by atoms with Gasteiger partial charge in [-0.1, -0.05) is 69.1 Å². The number of amides is 1. The molecule has 9 heteroatoms. The molecule has 224 valence electrons. The minimum atomic E-state index is -1.02. The number of ether oxygens (including phenoxy) is 1. The number of carbonyl (C=O) groups is 2. The number of halogens is 4. The number of carbonyl (C=O) groups excluding carboxylic acids is 2. The molecule has 2 fully saturated rings. The second-order valence-corrected chi connectivity index (χ2v) is 13.8. The Labute approximate surface area is 251 Å². The third-order valence-corrected chi connectivity index (χ3v) is 9.48. The van der Waals surface area contributed by atoms with E-state index in [1.54, 1.807) is 24.3 Å². The molecule has 2 aliphatic rings. The molecule has 41 heavy (non-hydrogen) atoms. The summed E-state index contributed by atoms with van der Waals surface area (Å²) in [6.07, 6.45) is 3.63. The van der Waals surface area contributed by atoms with Crippen molar-refractivity contribution >= 4 is 35.1 Å². The first kappa shape index (κ1) is 31.7. The molecule has 4 atom stereocenters. The van der Waals surface area contributed by atoms with Crippen LogP contribution in [0.1, 0.15) is 76.8 Å². The van der Waals surface area contributed by atoms with E-state index in [2.05, 4.69) is 31.4 Å². The summed E-state index contributed by atoms with van der Waals surface area (Å²) < 4.78 is 36.3. The molecule has 4 unspecified atom stereocenters. The van der Waals surface area contributed by atoms with Gasteiger partial charge < -0.3 is 15.4 Å². The number of rotatable bonds is 7. The Bertz CT molecular complexity index is 1280. The Balaban J connectivity index is 1.70. The molecule has 1 heterocycles. The molecule has 1 amide bonds. The fourth-order valence-electron chi connectivity index (χ4n) is 6.83. The van der Waals surface area contributed by atoms with Crippen LogP contribution >= 0.6 is 23.2 Å². The van der Waals surface area contributed by atoms with Crippen LogP contribution in [0.15, 0.2) is 36.4 Å². The minimum absolute atomic E-state index is 0.0535. The van der Waals surface area contributed by atoms with Crippen LogP contribution in [0.3, 0.4) is 0 Å². The van der Waals surface area contributed by atoms with Gasteiger partial charge in [0, 0.05) is 28.9 Å². The Morgan fingerprint density at radius 1 is 1.10 bits per heavy atom. The predicted octanol–water partition coefficient (Wildman–Crippen LogP) is 7.19. The van der Waals surface area contributed by atoms with Gasteiger partial charge in [0.15, 0.2) is 0 Å². The summed E-state index contributed by atoms with van der Waals surface area (Å²) in [7, 11) is 1.40. The largest absolute Gasteiger partial charge is 0.469 e. The van der Waals surface area contributed by atoms with E-state index in [4.69, 9.17) is 27.9 Å². The molecule has 0 spiro atoms. The van der Waals surface area contributed by atoms with Gasteiger partial charge in [0.2, 0.25) is 5.91 Å². The van der Waals surface area contributed by atoms with Gasteiger partial charge in [-0.25, -0.2) is 8.78 Å². The summed E-state index contributed by atoms with van der Waals surface area (Å²) in [6, 6.07) is 8.08. The Kier molecular flexibility index (Phi) is 9.72. The van der Waals surface area contributed by atoms with Crippen molar-refractivity contribution in [2.75, 3.05) is 13.7 Å². The summed E-state index contributed by atoms with van der Waals surface area (Å²) in [5.74, 6) is -2.23. The van der Waals surface area contributed by atoms with Gasteiger partial charge in [-0.2, -0.15) is 0 Å². The first-order valence-corrected chi connectivity index (χ1v) is 15.0. The third kappa shape index (κ3) is 6.73. The maximum Gasteiger partial charge on any atom is 0.308 e. The number of benzene rings is 2. The average Bonchev–Trinajstić information content (AvgIpc) is 3.19. The number of esters is 1. The van der Waals surface area contributed by atoms with Crippen molar-refractivity contribution in [1.29, 1.82) is 0 Å². The zero-order chi connectivity index (χ0) is 30.1. The molecule has 5 nitrogen and oxygen atoms in total. The van der Waals surface area contributed by atoms with Gasteiger partial charge in [-0.15, -0.1) is 0 Å². The van der Waals surface area contributed by atoms with E-state index in [0.717, 1.165) is 12.8 Å². The highest BCUT2D eigenvalue weighted by atomic mass is 35.5. The number of hydrogen-bond donors (Lipinski definition) is 2. The minimum Gasteiger partial charge on any atom is -0.469 e. The third-order valence-electron chi connectivity index (χ3n) is 8.96. The molecule has 1 saturated carbocycles. The zero-order valence-corrected chi connectivity index (χ0v) is 25.8. The molecule has 1 saturated heterocycles. The first-order chi connectivity index (χ1) is 19.3. The summed E-state index contributed by atoms with van der Waals surface area (Å²) in [5, 5.41) is 6.81. The molecular formula is C32H40Cl2F2N2O3. The fraction of sp³-hybridized carbons (Fsp3) is 0.562. The van der Waals surface area contributed by atoms with Crippen LogP contribution in [0.5, 0.6) is 0 Å². The lowest BCUT2D eigenvalue weighted by atomic mass is 9.63. The highest BCUT2D eigenvalue weighted by Crippen LogP contribution is 2.52. The maximum absolute atomic E-state index is 15.7. The van der Waals surface area contributed by atoms with Crippen molar-refractivity contribution in [1.82, 2.24) is 10.6 Å². The lowest BCUT2D eigenvalue weighted by molar-refractivity contribution is -0.146. The second-order valence-electron chi connectivity index (χ2n) is 13.0. The Morgan fingerprint density at radius 3 is 2.39 bits per heavy atom. The van der Waals surface area contributed by atoms with Crippen LogP contribution in [-0.2, 0) is 19.7 Å². The highest BCUT2D eigenvalue weighted by molar-refractivity contribution is 6.31. The van der Waals surface area contributed by atoms with E-state index in [1.165, 1.54) is 19.2 Å². The van der Waals surface area contributed by atoms with Crippen LogP contribution in [0.2, 0.25) is 10.0 Å². The molecule has 2 aromatic rings. The van der Waals surface area contributed by atoms with Gasteiger partial charge in [-0.3, -0.25) is 9.59 Å². The van der Waals surface area contributed by atoms with Gasteiger partial charge in [0.25, 0.3) is 0 Å². The SMILES string of the molecule is COC(=O)C1CCC(CNC(=O)C2NC(CC(C)(C)C)C(C)(c3ccc(Cl)cc3F)C2c2cccc(Cl)c2F)CC1. The molecule has 4 rings (SSSR count). The molecule has 0 bridgehead atoms. The summed E-state index contributed by atoms with van der Waals surface area (Å²) >= 11 is 12.4. The van der Waals surface area contributed by atoms with Crippen LogP contribution in [0.25, 0.3) is 0 Å². The van der Waals surface area contributed by atoms with Crippen LogP contribution in [0.4, 0.5) is 8.78 Å². The Morgan fingerprint density at radius 2 is 1.78 bits per heavy atom. The van der Waals surface area contributed by atoms with Crippen molar-refractivity contribution in [3.63, 3.8) is 0 Å². The molecule has 2 N–H and O–H groups in total. The van der Waals surface area contributed by atoms with E-state index < -0.39 is 29.0 Å². The zero-order valence-electron chi connectivity index (χ0n) is 24.3. The molecule has 1 aliphatic carbocycles. The maximum atomic E-state index is 15.7. The summed E-state index contributed by atoms with van der Waals surface area (Å²) in [6.45, 7) is 8.59. The smallest absolute Gasteiger partial charge is 0.308 e. The summed E-state index contributed by atoms with van der Waals surface area (Å²) in [4.78, 5) is 25.8.